The van der Waals surface area contributed by atoms with Gasteiger partial charge in [0.1, 0.15) is 29.5 Å². The molecule has 1 unspecified atom stereocenters. The zero-order valence-corrected chi connectivity index (χ0v) is 18.8. The van der Waals surface area contributed by atoms with Gasteiger partial charge in [-0.05, 0) is 53.4 Å². The van der Waals surface area contributed by atoms with E-state index < -0.39 is 23.9 Å². The highest BCUT2D eigenvalue weighted by atomic mass is 19.1. The smallest absolute Gasteiger partial charge is 0.323 e. The van der Waals surface area contributed by atoms with Gasteiger partial charge in [-0.25, -0.2) is 8.78 Å². The molecule has 1 amide bonds. The third-order valence-electron chi connectivity index (χ3n) is 5.86. The van der Waals surface area contributed by atoms with E-state index in [1.54, 1.807) is 36.4 Å². The van der Waals surface area contributed by atoms with Crippen molar-refractivity contribution in [1.29, 1.82) is 0 Å². The van der Waals surface area contributed by atoms with Crippen molar-refractivity contribution in [2.45, 2.75) is 38.3 Å². The zero-order chi connectivity index (χ0) is 24.3. The summed E-state index contributed by atoms with van der Waals surface area (Å²) >= 11 is 0. The van der Waals surface area contributed by atoms with E-state index >= 15 is 0 Å². The van der Waals surface area contributed by atoms with Gasteiger partial charge in [-0.1, -0.05) is 42.5 Å². The lowest BCUT2D eigenvalue weighted by atomic mass is 9.91. The predicted molar refractivity (Wildman–Crippen MR) is 122 cm³/mol. The summed E-state index contributed by atoms with van der Waals surface area (Å²) in [4.78, 5) is 25.4. The monoisotopic (exact) mass is 465 g/mol. The summed E-state index contributed by atoms with van der Waals surface area (Å²) in [5.41, 5.74) is 2.12. The van der Waals surface area contributed by atoms with Crippen molar-refractivity contribution in [3.8, 4) is 5.75 Å². The molecule has 0 radical (unpaired) electrons. The average molecular weight is 465 g/mol. The van der Waals surface area contributed by atoms with Crippen molar-refractivity contribution in [2.24, 2.45) is 0 Å². The van der Waals surface area contributed by atoms with Gasteiger partial charge < -0.3 is 14.7 Å². The summed E-state index contributed by atoms with van der Waals surface area (Å²) in [6, 6.07) is 17.8. The molecule has 4 rings (SSSR count). The van der Waals surface area contributed by atoms with Gasteiger partial charge in [0.25, 0.3) is 0 Å². The lowest BCUT2D eigenvalue weighted by Gasteiger charge is -2.24. The van der Waals surface area contributed by atoms with E-state index in [4.69, 9.17) is 4.74 Å². The molecule has 5 nitrogen and oxygen atoms in total. The molecule has 1 atom stereocenters. The van der Waals surface area contributed by atoms with Crippen LogP contribution in [-0.4, -0.2) is 34.0 Å². The van der Waals surface area contributed by atoms with E-state index in [9.17, 15) is 23.5 Å². The Balaban J connectivity index is 1.46. The van der Waals surface area contributed by atoms with Crippen molar-refractivity contribution < 1.29 is 28.2 Å². The van der Waals surface area contributed by atoms with Gasteiger partial charge in [0.2, 0.25) is 5.91 Å². The molecule has 3 aromatic rings. The van der Waals surface area contributed by atoms with E-state index in [1.165, 1.54) is 29.2 Å². The first-order valence-electron chi connectivity index (χ1n) is 11.0. The van der Waals surface area contributed by atoms with Gasteiger partial charge in [-0.3, -0.25) is 9.59 Å². The Morgan fingerprint density at radius 3 is 2.56 bits per heavy atom. The Bertz CT molecular complexity index is 1230. The number of hydrogen-bond acceptors (Lipinski definition) is 3. The molecule has 1 N–H and O–H groups in total. The van der Waals surface area contributed by atoms with Crippen molar-refractivity contribution in [3.63, 3.8) is 0 Å². The van der Waals surface area contributed by atoms with Gasteiger partial charge in [0, 0.05) is 19.4 Å². The summed E-state index contributed by atoms with van der Waals surface area (Å²) in [7, 11) is 0. The lowest BCUT2D eigenvalue weighted by molar-refractivity contribution is -0.144. The number of fused-ring (bicyclic) bond motifs is 1. The van der Waals surface area contributed by atoms with Crippen molar-refractivity contribution in [1.82, 2.24) is 4.90 Å². The number of aliphatic carboxylic acids is 1. The van der Waals surface area contributed by atoms with E-state index in [0.717, 1.165) is 11.1 Å². The van der Waals surface area contributed by atoms with Gasteiger partial charge in [0.05, 0.1) is 6.42 Å². The van der Waals surface area contributed by atoms with Crippen LogP contribution in [0.2, 0.25) is 0 Å². The Hall–Kier alpha value is -3.74. The van der Waals surface area contributed by atoms with Crippen LogP contribution in [0, 0.1) is 11.6 Å². The second-order valence-electron chi connectivity index (χ2n) is 8.89. The molecular weight excluding hydrogens is 440 g/mol. The Morgan fingerprint density at radius 1 is 1.03 bits per heavy atom. The van der Waals surface area contributed by atoms with Crippen LogP contribution in [0.1, 0.15) is 29.2 Å². The van der Waals surface area contributed by atoms with E-state index in [-0.39, 0.29) is 24.7 Å². The van der Waals surface area contributed by atoms with Crippen LogP contribution in [-0.2, 0) is 35.4 Å². The fourth-order valence-electron chi connectivity index (χ4n) is 4.37. The number of rotatable bonds is 8. The predicted octanol–water partition coefficient (Wildman–Crippen LogP) is 4.56. The second-order valence-corrected chi connectivity index (χ2v) is 8.89. The van der Waals surface area contributed by atoms with Crippen LogP contribution in [0.25, 0.3) is 0 Å². The molecule has 34 heavy (non-hydrogen) atoms. The summed E-state index contributed by atoms with van der Waals surface area (Å²) in [5.74, 6) is -1.54. The van der Waals surface area contributed by atoms with Crippen molar-refractivity contribution in [3.05, 3.63) is 101 Å². The van der Waals surface area contributed by atoms with E-state index in [1.807, 2.05) is 13.0 Å². The molecule has 0 saturated carbocycles. The minimum Gasteiger partial charge on any atom is -0.487 e. The largest absolute Gasteiger partial charge is 0.487 e. The first-order valence-corrected chi connectivity index (χ1v) is 11.0. The minimum atomic E-state index is -1.14. The van der Waals surface area contributed by atoms with E-state index in [2.05, 4.69) is 0 Å². The molecule has 0 fully saturated rings. The fraction of sp³-hybridized carbons (Fsp3) is 0.259. The van der Waals surface area contributed by atoms with Crippen molar-refractivity contribution >= 4 is 11.9 Å². The maximum Gasteiger partial charge on any atom is 0.323 e. The molecular formula is C27H25F2NO4. The number of hydrogen-bond donors (Lipinski definition) is 1. The van der Waals surface area contributed by atoms with Crippen LogP contribution in [0.5, 0.6) is 5.75 Å². The number of carbonyl (C=O) groups is 2. The SMILES string of the molecule is CC1(Cc2ccccc2F)Cc2cc(CC(=O)N(CC(=O)O)Cc3cccc(F)c3)ccc2O1. The van der Waals surface area contributed by atoms with Crippen LogP contribution < -0.4 is 4.74 Å². The topological polar surface area (TPSA) is 66.8 Å². The first-order chi connectivity index (χ1) is 16.2. The average Bonchev–Trinajstić information content (AvgIpc) is 3.10. The molecule has 7 heteroatoms. The third kappa shape index (κ3) is 5.60. The summed E-state index contributed by atoms with van der Waals surface area (Å²) in [5, 5.41) is 9.25. The summed E-state index contributed by atoms with van der Waals surface area (Å²) in [6.45, 7) is 1.44. The molecule has 1 heterocycles. The molecule has 0 spiro atoms. The summed E-state index contributed by atoms with van der Waals surface area (Å²) in [6.07, 6.45) is 0.962. The van der Waals surface area contributed by atoms with Gasteiger partial charge in [-0.2, -0.15) is 0 Å². The number of carbonyl (C=O) groups excluding carboxylic acids is 1. The number of ether oxygens (including phenoxy) is 1. The first kappa shape index (κ1) is 23.4. The van der Waals surface area contributed by atoms with Crippen LogP contribution in [0.4, 0.5) is 8.78 Å². The van der Waals surface area contributed by atoms with E-state index in [0.29, 0.717) is 29.7 Å². The van der Waals surface area contributed by atoms with Crippen LogP contribution >= 0.6 is 0 Å². The normalized spacial score (nSPS) is 16.6. The standard InChI is InChI=1S/C27H25F2NO4/c1-27(14-20-6-2-3-8-23(20)29)15-21-11-18(9-10-24(21)34-27)13-25(31)30(17-26(32)33)16-19-5-4-7-22(28)12-19/h2-12H,13-17H2,1H3,(H,32,33). The highest BCUT2D eigenvalue weighted by Crippen LogP contribution is 2.38. The highest BCUT2D eigenvalue weighted by molar-refractivity contribution is 5.83. The Labute approximate surface area is 196 Å². The molecule has 1 aliphatic heterocycles. The maximum atomic E-state index is 14.1. The molecule has 0 aliphatic carbocycles. The molecule has 0 aromatic heterocycles. The zero-order valence-electron chi connectivity index (χ0n) is 18.8. The van der Waals surface area contributed by atoms with Gasteiger partial charge in [-0.15, -0.1) is 0 Å². The third-order valence-corrected chi connectivity index (χ3v) is 5.86. The highest BCUT2D eigenvalue weighted by Gasteiger charge is 2.36. The molecule has 1 aliphatic rings. The minimum absolute atomic E-state index is 0.0000958. The molecule has 3 aromatic carbocycles. The lowest BCUT2D eigenvalue weighted by Crippen LogP contribution is -2.36. The number of nitrogens with zero attached hydrogens (tertiary/aromatic N) is 1. The number of amides is 1. The Morgan fingerprint density at radius 2 is 1.82 bits per heavy atom. The van der Waals surface area contributed by atoms with Crippen LogP contribution in [0.15, 0.2) is 66.7 Å². The van der Waals surface area contributed by atoms with Gasteiger partial charge >= 0.3 is 5.97 Å². The molecule has 176 valence electrons. The number of carboxylic acid groups (broad SMARTS) is 1. The van der Waals surface area contributed by atoms with Crippen molar-refractivity contribution in [2.75, 3.05) is 6.54 Å². The molecule has 0 bridgehead atoms. The maximum absolute atomic E-state index is 14.1. The second kappa shape index (κ2) is 9.63. The van der Waals surface area contributed by atoms with Crippen LogP contribution in [0.3, 0.4) is 0 Å². The Kier molecular flexibility index (Phi) is 6.63. The summed E-state index contributed by atoms with van der Waals surface area (Å²) < 4.78 is 33.8. The quantitative estimate of drug-likeness (QED) is 0.530. The number of halogens is 2. The fourth-order valence-corrected chi connectivity index (χ4v) is 4.37. The number of carboxylic acids is 1. The number of benzene rings is 3. The van der Waals surface area contributed by atoms with Gasteiger partial charge in [0.15, 0.2) is 0 Å². The molecule has 0 saturated heterocycles.